The van der Waals surface area contributed by atoms with Gasteiger partial charge in [-0.25, -0.2) is 4.21 Å². The average molecular weight is 569 g/mol. The van der Waals surface area contributed by atoms with Crippen molar-refractivity contribution in [1.82, 2.24) is 4.72 Å². The normalized spacial score (nSPS) is 32.9. The number of ether oxygens (including phenoxy) is 1. The van der Waals surface area contributed by atoms with Crippen LogP contribution in [0, 0.1) is 11.8 Å². The fraction of sp³-hybridized carbons (Fsp3) is 0.516. The van der Waals surface area contributed by atoms with E-state index in [1.165, 1.54) is 11.1 Å². The lowest BCUT2D eigenvalue weighted by Crippen LogP contribution is -2.49. The lowest BCUT2D eigenvalue weighted by molar-refractivity contribution is -0.127. The minimum absolute atomic E-state index is 0.0542. The Balaban J connectivity index is 1.42. The van der Waals surface area contributed by atoms with E-state index in [-0.39, 0.29) is 22.5 Å². The molecule has 4 aliphatic rings. The van der Waals surface area contributed by atoms with E-state index >= 15 is 0 Å². The zero-order valence-corrected chi connectivity index (χ0v) is 24.1. The Morgan fingerprint density at radius 2 is 1.95 bits per heavy atom. The van der Waals surface area contributed by atoms with Crippen LogP contribution in [0.15, 0.2) is 36.4 Å². The Kier molecular flexibility index (Phi) is 6.95. The molecule has 208 valence electrons. The molecule has 39 heavy (non-hydrogen) atoms. The summed E-state index contributed by atoms with van der Waals surface area (Å²) in [6.07, 6.45) is 6.71. The summed E-state index contributed by atoms with van der Waals surface area (Å²) in [6.45, 7) is 3.85. The van der Waals surface area contributed by atoms with Gasteiger partial charge in [0.1, 0.15) is 11.5 Å². The summed E-state index contributed by atoms with van der Waals surface area (Å²) in [5.74, 6) is 4.84. The fourth-order valence-electron chi connectivity index (χ4n) is 7.01. The number of rotatable bonds is 0. The van der Waals surface area contributed by atoms with Gasteiger partial charge in [0.2, 0.25) is 0 Å². The van der Waals surface area contributed by atoms with Gasteiger partial charge in [-0.15, -0.1) is 0 Å². The van der Waals surface area contributed by atoms with Crippen LogP contribution in [0.1, 0.15) is 73.4 Å². The van der Waals surface area contributed by atoms with E-state index in [0.29, 0.717) is 37.2 Å². The van der Waals surface area contributed by atoms with Gasteiger partial charge in [-0.3, -0.25) is 14.3 Å². The van der Waals surface area contributed by atoms with Crippen LogP contribution in [-0.2, 0) is 26.3 Å². The number of hydrogen-bond donors (Lipinski definition) is 1. The van der Waals surface area contributed by atoms with Crippen molar-refractivity contribution in [2.24, 2.45) is 11.8 Å². The van der Waals surface area contributed by atoms with Crippen molar-refractivity contribution >= 4 is 44.6 Å². The molecule has 1 amide bonds. The van der Waals surface area contributed by atoms with Crippen LogP contribution in [0.4, 0.5) is 5.69 Å². The van der Waals surface area contributed by atoms with Gasteiger partial charge in [-0.1, -0.05) is 17.7 Å². The fourth-order valence-corrected chi connectivity index (χ4v) is 8.38. The zero-order chi connectivity index (χ0) is 27.4. The number of amides is 1. The van der Waals surface area contributed by atoms with Crippen molar-refractivity contribution < 1.29 is 18.5 Å². The largest absolute Gasteiger partial charge is 0.490 e. The number of halogens is 1. The molecule has 1 saturated carbocycles. The Bertz CT molecular complexity index is 1420. The van der Waals surface area contributed by atoms with Gasteiger partial charge in [-0.2, -0.15) is 0 Å². The third-order valence-electron chi connectivity index (χ3n) is 9.53. The third-order valence-corrected chi connectivity index (χ3v) is 11.8. The third kappa shape index (κ3) is 4.97. The second-order valence-corrected chi connectivity index (χ2v) is 15.0. The van der Waals surface area contributed by atoms with E-state index in [9.17, 15) is 13.8 Å². The average Bonchev–Trinajstić information content (AvgIpc) is 3.02. The van der Waals surface area contributed by atoms with Gasteiger partial charge < -0.3 is 9.64 Å². The number of hydrogen-bond acceptors (Lipinski definition) is 5. The first-order valence-electron chi connectivity index (χ1n) is 14.2. The summed E-state index contributed by atoms with van der Waals surface area (Å²) in [5.41, 5.74) is 3.64. The second-order valence-electron chi connectivity index (χ2n) is 12.1. The molecule has 0 radical (unpaired) electrons. The quantitative estimate of drug-likeness (QED) is 0.434. The number of nitrogens with zero attached hydrogens (tertiary/aromatic N) is 1. The molecule has 1 fully saturated rings. The standard InChI is InChI=1S/C31H37ClN2O4S/c1-20-5-3-7-28(35)25-11-8-23(25)17-34-18-31(14-4-6-21-15-24(32)10-12-26(21)31)19-38-29-13-9-22(16-27(29)34)30(36)33-39(20,2)37/h9-10,12-13,15-16,20,23,25H,2-8,11,14,17-19H2,1H3,(H,33,36,37)/t20-,23-,25+,31-,39?/m0/s1. The van der Waals surface area contributed by atoms with Crippen LogP contribution in [-0.4, -0.2) is 46.7 Å². The van der Waals surface area contributed by atoms with Crippen molar-refractivity contribution in [3.8, 4) is 5.75 Å². The molecule has 6 rings (SSSR count). The van der Waals surface area contributed by atoms with Crippen molar-refractivity contribution in [3.63, 3.8) is 0 Å². The Hall–Kier alpha value is -2.51. The lowest BCUT2D eigenvalue weighted by atomic mass is 9.68. The topological polar surface area (TPSA) is 75.7 Å². The number of benzene rings is 2. The van der Waals surface area contributed by atoms with Gasteiger partial charge in [0.05, 0.1) is 22.0 Å². The maximum absolute atomic E-state index is 13.3. The molecule has 2 aliphatic carbocycles. The smallest absolute Gasteiger partial charge is 0.262 e. The van der Waals surface area contributed by atoms with E-state index < -0.39 is 15.6 Å². The van der Waals surface area contributed by atoms with Crippen molar-refractivity contribution in [1.29, 1.82) is 0 Å². The molecule has 2 heterocycles. The molecule has 1 unspecified atom stereocenters. The summed E-state index contributed by atoms with van der Waals surface area (Å²) in [7, 11) is -2.87. The predicted molar refractivity (Wildman–Crippen MR) is 157 cm³/mol. The molecular formula is C31H37ClN2O4S. The first-order valence-corrected chi connectivity index (χ1v) is 16.3. The highest BCUT2D eigenvalue weighted by Crippen LogP contribution is 2.46. The zero-order valence-electron chi connectivity index (χ0n) is 22.5. The summed E-state index contributed by atoms with van der Waals surface area (Å²) >= 11 is 6.37. The molecule has 5 atom stereocenters. The molecular weight excluding hydrogens is 532 g/mol. The summed E-state index contributed by atoms with van der Waals surface area (Å²) in [6, 6.07) is 11.7. The molecule has 0 aromatic heterocycles. The maximum Gasteiger partial charge on any atom is 0.262 e. The molecule has 2 aliphatic heterocycles. The van der Waals surface area contributed by atoms with Crippen LogP contribution < -0.4 is 14.4 Å². The molecule has 6 nitrogen and oxygen atoms in total. The summed E-state index contributed by atoms with van der Waals surface area (Å²) < 4.78 is 22.6. The molecule has 2 bridgehead atoms. The Labute approximate surface area is 236 Å². The number of carbonyl (C=O) groups is 2. The van der Waals surface area contributed by atoms with E-state index in [1.807, 2.05) is 25.1 Å². The molecule has 2 aromatic rings. The maximum atomic E-state index is 13.3. The molecule has 1 spiro atoms. The van der Waals surface area contributed by atoms with Crippen LogP contribution in [0.5, 0.6) is 5.75 Å². The summed E-state index contributed by atoms with van der Waals surface area (Å²) in [5, 5.41) is 0.428. The molecule has 2 aromatic carbocycles. The van der Waals surface area contributed by atoms with Crippen LogP contribution in [0.25, 0.3) is 0 Å². The Morgan fingerprint density at radius 3 is 2.74 bits per heavy atom. The predicted octanol–water partition coefficient (Wildman–Crippen LogP) is 5.34. The van der Waals surface area contributed by atoms with Crippen LogP contribution in [0.3, 0.4) is 0 Å². The number of ketones is 1. The minimum atomic E-state index is -2.87. The number of nitrogens with one attached hydrogen (secondary N) is 1. The van der Waals surface area contributed by atoms with Gasteiger partial charge >= 0.3 is 0 Å². The SMILES string of the molecule is C=S1(=O)NC(=O)c2ccc3c(c2)N(C[C@@H]2CC[C@H]2C(=O)CCC[C@@H]1C)C[C@@]1(CCCc2cc(Cl)ccc21)CO3. The highest BCUT2D eigenvalue weighted by molar-refractivity contribution is 7.99. The minimum Gasteiger partial charge on any atom is -0.490 e. The van der Waals surface area contributed by atoms with Gasteiger partial charge in [0.25, 0.3) is 5.91 Å². The van der Waals surface area contributed by atoms with Gasteiger partial charge in [-0.05, 0) is 105 Å². The number of Topliss-reactive ketones (excluding diaryl/α,β-unsaturated/α-hetero) is 1. The summed E-state index contributed by atoms with van der Waals surface area (Å²) in [4.78, 5) is 28.9. The number of carbonyl (C=O) groups excluding carboxylic acids is 2. The molecule has 0 saturated heterocycles. The first kappa shape index (κ1) is 26.7. The van der Waals surface area contributed by atoms with E-state index in [4.69, 9.17) is 16.3 Å². The number of fused-ring (bicyclic) bond motifs is 4. The lowest BCUT2D eigenvalue weighted by Gasteiger charge is -2.44. The van der Waals surface area contributed by atoms with Gasteiger partial charge in [0.15, 0.2) is 0 Å². The second kappa shape index (κ2) is 10.2. The Morgan fingerprint density at radius 1 is 1.10 bits per heavy atom. The highest BCUT2D eigenvalue weighted by Gasteiger charge is 2.44. The van der Waals surface area contributed by atoms with E-state index in [1.54, 1.807) is 6.07 Å². The highest BCUT2D eigenvalue weighted by atomic mass is 35.5. The van der Waals surface area contributed by atoms with Crippen LogP contribution in [0.2, 0.25) is 5.02 Å². The number of aryl methyl sites for hydroxylation is 1. The van der Waals surface area contributed by atoms with E-state index in [2.05, 4.69) is 27.6 Å². The molecule has 8 heteroatoms. The monoisotopic (exact) mass is 568 g/mol. The van der Waals surface area contributed by atoms with Crippen LogP contribution >= 0.6 is 11.6 Å². The molecule has 1 N–H and O–H groups in total. The first-order chi connectivity index (χ1) is 18.6. The van der Waals surface area contributed by atoms with Gasteiger partial charge in [0, 0.05) is 46.7 Å². The van der Waals surface area contributed by atoms with Crippen molar-refractivity contribution in [2.45, 2.75) is 69.0 Å². The van der Waals surface area contributed by atoms with Crippen molar-refractivity contribution in [2.75, 3.05) is 24.6 Å². The number of anilines is 1. The van der Waals surface area contributed by atoms with Crippen molar-refractivity contribution in [3.05, 3.63) is 58.1 Å². The van der Waals surface area contributed by atoms with E-state index in [0.717, 1.165) is 61.7 Å².